The number of hydrogen-bond acceptors (Lipinski definition) is 4. The van der Waals surface area contributed by atoms with E-state index in [1.165, 1.54) is 44.9 Å². The van der Waals surface area contributed by atoms with Gasteiger partial charge in [-0.2, -0.15) is 0 Å². The van der Waals surface area contributed by atoms with Gasteiger partial charge in [-0.1, -0.05) is 65.2 Å². The van der Waals surface area contributed by atoms with Crippen molar-refractivity contribution < 1.29 is 15.0 Å². The van der Waals surface area contributed by atoms with E-state index in [-0.39, 0.29) is 12.3 Å². The zero-order valence-corrected chi connectivity index (χ0v) is 15.2. The summed E-state index contributed by atoms with van der Waals surface area (Å²) in [6.07, 6.45) is 11.6. The van der Waals surface area contributed by atoms with Crippen molar-refractivity contribution >= 4 is 5.91 Å². The third-order valence-electron chi connectivity index (χ3n) is 3.94. The summed E-state index contributed by atoms with van der Waals surface area (Å²) in [7, 11) is 0. The van der Waals surface area contributed by atoms with Crippen molar-refractivity contribution in [3.63, 3.8) is 0 Å². The van der Waals surface area contributed by atoms with Gasteiger partial charge >= 0.3 is 0 Å². The highest BCUT2D eigenvalue weighted by atomic mass is 16.5. The van der Waals surface area contributed by atoms with Crippen LogP contribution in [0.2, 0.25) is 0 Å². The molecule has 0 saturated carbocycles. The van der Waals surface area contributed by atoms with Gasteiger partial charge in [-0.3, -0.25) is 10.2 Å². The largest absolute Gasteiger partial charge is 0.368 e. The van der Waals surface area contributed by atoms with Gasteiger partial charge in [-0.15, -0.1) is 0 Å². The molecule has 23 heavy (non-hydrogen) atoms. The Morgan fingerprint density at radius 3 is 1.96 bits per heavy atom. The highest BCUT2D eigenvalue weighted by molar-refractivity contribution is 5.75. The van der Waals surface area contributed by atoms with Crippen LogP contribution in [0.1, 0.15) is 90.9 Å². The zero-order chi connectivity index (χ0) is 17.3. The number of aliphatic hydroxyl groups excluding tert-OH is 1. The second-order valence-corrected chi connectivity index (χ2v) is 6.37. The lowest BCUT2D eigenvalue weighted by Crippen LogP contribution is -2.43. The molecule has 5 heteroatoms. The number of carbonyl (C=O) groups is 1. The molecule has 3 N–H and O–H groups in total. The third-order valence-corrected chi connectivity index (χ3v) is 3.94. The molecule has 138 valence electrons. The van der Waals surface area contributed by atoms with Crippen molar-refractivity contribution in [3.8, 4) is 0 Å². The molecule has 0 atom stereocenters. The Kier molecular flexibility index (Phi) is 15.8. The Bertz CT molecular complexity index is 273. The summed E-state index contributed by atoms with van der Waals surface area (Å²) in [6.45, 7) is 5.47. The SMILES string of the molecule is CCCCCCCCCCCC(=O)NN(CCC)CCC(O)O. The molecule has 0 fully saturated rings. The summed E-state index contributed by atoms with van der Waals surface area (Å²) in [6, 6.07) is 0. The summed E-state index contributed by atoms with van der Waals surface area (Å²) >= 11 is 0. The van der Waals surface area contributed by atoms with Crippen molar-refractivity contribution in [2.45, 2.75) is 97.2 Å². The Labute approximate surface area is 142 Å². The number of nitrogens with zero attached hydrogens (tertiary/aromatic N) is 1. The average Bonchev–Trinajstić information content (AvgIpc) is 2.51. The lowest BCUT2D eigenvalue weighted by atomic mass is 10.1. The highest BCUT2D eigenvalue weighted by Crippen LogP contribution is 2.10. The molecular weight excluding hydrogens is 292 g/mol. The number of carbonyl (C=O) groups excluding carboxylic acids is 1. The first-order valence-electron chi connectivity index (χ1n) is 9.50. The van der Waals surface area contributed by atoms with Gasteiger partial charge in [0.15, 0.2) is 6.29 Å². The predicted octanol–water partition coefficient (Wildman–Crippen LogP) is 3.35. The second kappa shape index (κ2) is 16.2. The van der Waals surface area contributed by atoms with E-state index in [0.29, 0.717) is 13.0 Å². The Balaban J connectivity index is 3.59. The Hall–Kier alpha value is -0.650. The monoisotopic (exact) mass is 330 g/mol. The molecule has 5 nitrogen and oxygen atoms in total. The third kappa shape index (κ3) is 16.0. The van der Waals surface area contributed by atoms with Crippen LogP contribution in [-0.2, 0) is 4.79 Å². The molecule has 0 aliphatic heterocycles. The van der Waals surface area contributed by atoms with Crippen LogP contribution in [0.25, 0.3) is 0 Å². The molecule has 0 radical (unpaired) electrons. The summed E-state index contributed by atoms with van der Waals surface area (Å²) in [5, 5.41) is 19.6. The number of hydrogen-bond donors (Lipinski definition) is 3. The van der Waals surface area contributed by atoms with Crippen molar-refractivity contribution in [2.75, 3.05) is 13.1 Å². The van der Waals surface area contributed by atoms with Gasteiger partial charge in [0.25, 0.3) is 0 Å². The van der Waals surface area contributed by atoms with Crippen LogP contribution in [0.15, 0.2) is 0 Å². The van der Waals surface area contributed by atoms with E-state index < -0.39 is 6.29 Å². The topological polar surface area (TPSA) is 72.8 Å². The zero-order valence-electron chi connectivity index (χ0n) is 15.2. The predicted molar refractivity (Wildman–Crippen MR) is 94.7 cm³/mol. The van der Waals surface area contributed by atoms with Crippen LogP contribution in [0.4, 0.5) is 0 Å². The van der Waals surface area contributed by atoms with Crippen molar-refractivity contribution in [3.05, 3.63) is 0 Å². The lowest BCUT2D eigenvalue weighted by molar-refractivity contribution is -0.127. The Morgan fingerprint density at radius 2 is 1.43 bits per heavy atom. The maximum atomic E-state index is 11.9. The van der Waals surface area contributed by atoms with E-state index in [2.05, 4.69) is 12.3 Å². The van der Waals surface area contributed by atoms with Gasteiger partial charge in [0.2, 0.25) is 5.91 Å². The second-order valence-electron chi connectivity index (χ2n) is 6.37. The van der Waals surface area contributed by atoms with Crippen LogP contribution >= 0.6 is 0 Å². The molecule has 0 aromatic carbocycles. The van der Waals surface area contributed by atoms with Gasteiger partial charge in [0, 0.05) is 25.9 Å². The maximum Gasteiger partial charge on any atom is 0.234 e. The van der Waals surface area contributed by atoms with E-state index in [4.69, 9.17) is 10.2 Å². The molecule has 0 aliphatic rings. The van der Waals surface area contributed by atoms with Gasteiger partial charge in [0.1, 0.15) is 0 Å². The summed E-state index contributed by atoms with van der Waals surface area (Å²) < 4.78 is 0. The molecular formula is C18H38N2O3. The molecule has 0 aromatic rings. The minimum absolute atomic E-state index is 0.0359. The lowest BCUT2D eigenvalue weighted by Gasteiger charge is -2.23. The molecule has 0 bridgehead atoms. The van der Waals surface area contributed by atoms with Crippen LogP contribution < -0.4 is 5.43 Å². The molecule has 0 saturated heterocycles. The molecule has 0 aliphatic carbocycles. The standard InChI is InChI=1S/C18H38N2O3/c1-3-5-6-7-8-9-10-11-12-13-17(21)19-20(15-4-2)16-14-18(22)23/h18,22-23H,3-16H2,1-2H3,(H,19,21). The van der Waals surface area contributed by atoms with Gasteiger partial charge in [0.05, 0.1) is 0 Å². The van der Waals surface area contributed by atoms with Crippen molar-refractivity contribution in [1.82, 2.24) is 10.4 Å². The molecule has 0 unspecified atom stereocenters. The van der Waals surface area contributed by atoms with Crippen molar-refractivity contribution in [2.24, 2.45) is 0 Å². The average molecular weight is 331 g/mol. The molecule has 0 rings (SSSR count). The first-order chi connectivity index (χ1) is 11.1. The minimum Gasteiger partial charge on any atom is -0.368 e. The van der Waals surface area contributed by atoms with E-state index in [1.54, 1.807) is 5.01 Å². The van der Waals surface area contributed by atoms with Crippen LogP contribution in [-0.4, -0.2) is 40.5 Å². The maximum absolute atomic E-state index is 11.9. The number of unbranched alkanes of at least 4 members (excludes halogenated alkanes) is 8. The van der Waals surface area contributed by atoms with E-state index in [0.717, 1.165) is 25.8 Å². The summed E-state index contributed by atoms with van der Waals surface area (Å²) in [5.74, 6) is 0.0359. The van der Waals surface area contributed by atoms with Gasteiger partial charge in [-0.05, 0) is 12.8 Å². The number of hydrazine groups is 1. The fraction of sp³-hybridized carbons (Fsp3) is 0.944. The fourth-order valence-electron chi connectivity index (χ4n) is 2.59. The Morgan fingerprint density at radius 1 is 0.870 bits per heavy atom. The number of rotatable bonds is 16. The van der Waals surface area contributed by atoms with Gasteiger partial charge < -0.3 is 10.2 Å². The summed E-state index contributed by atoms with van der Waals surface area (Å²) in [4.78, 5) is 11.9. The highest BCUT2D eigenvalue weighted by Gasteiger charge is 2.09. The number of amides is 1. The van der Waals surface area contributed by atoms with Crippen LogP contribution in [0.5, 0.6) is 0 Å². The fourth-order valence-corrected chi connectivity index (χ4v) is 2.59. The minimum atomic E-state index is -1.32. The first-order valence-corrected chi connectivity index (χ1v) is 9.50. The molecule has 0 aromatic heterocycles. The van der Waals surface area contributed by atoms with Crippen LogP contribution in [0, 0.1) is 0 Å². The van der Waals surface area contributed by atoms with Crippen LogP contribution in [0.3, 0.4) is 0 Å². The smallest absolute Gasteiger partial charge is 0.234 e. The van der Waals surface area contributed by atoms with Gasteiger partial charge in [-0.25, -0.2) is 5.01 Å². The number of aliphatic hydroxyl groups is 2. The quantitative estimate of drug-likeness (QED) is 0.230. The molecule has 0 spiro atoms. The number of nitrogens with one attached hydrogen (secondary N) is 1. The van der Waals surface area contributed by atoms with E-state index >= 15 is 0 Å². The summed E-state index contributed by atoms with van der Waals surface area (Å²) in [5.41, 5.74) is 2.87. The normalized spacial score (nSPS) is 11.4. The molecule has 0 heterocycles. The molecule has 1 amide bonds. The van der Waals surface area contributed by atoms with E-state index in [1.807, 2.05) is 6.92 Å². The van der Waals surface area contributed by atoms with Crippen molar-refractivity contribution in [1.29, 1.82) is 0 Å². The van der Waals surface area contributed by atoms with E-state index in [9.17, 15) is 4.79 Å². The first kappa shape index (κ1) is 22.4.